The van der Waals surface area contributed by atoms with Crippen LogP contribution in [0.4, 0.5) is 10.1 Å². The number of carbonyl (C=O) groups is 1. The fourth-order valence-corrected chi connectivity index (χ4v) is 1.94. The third kappa shape index (κ3) is 3.96. The highest BCUT2D eigenvalue weighted by Gasteiger charge is 2.16. The first kappa shape index (κ1) is 15.8. The zero-order chi connectivity index (χ0) is 16.1. The van der Waals surface area contributed by atoms with Crippen molar-refractivity contribution >= 4 is 23.2 Å². The van der Waals surface area contributed by atoms with Gasteiger partial charge in [-0.2, -0.15) is 5.26 Å². The molecule has 4 nitrogen and oxygen atoms in total. The van der Waals surface area contributed by atoms with Gasteiger partial charge in [0.15, 0.2) is 6.10 Å². The molecule has 1 atom stereocenters. The van der Waals surface area contributed by atoms with Crippen LogP contribution >= 0.6 is 11.6 Å². The quantitative estimate of drug-likeness (QED) is 0.933. The minimum Gasteiger partial charge on any atom is -0.479 e. The maximum Gasteiger partial charge on any atom is 0.265 e. The Hall–Kier alpha value is -2.58. The van der Waals surface area contributed by atoms with E-state index in [0.717, 1.165) is 6.07 Å². The first-order valence-electron chi connectivity index (χ1n) is 6.42. The van der Waals surface area contributed by atoms with E-state index in [1.807, 2.05) is 6.07 Å². The molecule has 0 bridgehead atoms. The van der Waals surface area contributed by atoms with Gasteiger partial charge in [0.05, 0.1) is 16.7 Å². The lowest BCUT2D eigenvalue weighted by Crippen LogP contribution is -2.30. The normalized spacial score (nSPS) is 11.4. The van der Waals surface area contributed by atoms with E-state index in [4.69, 9.17) is 21.6 Å². The Labute approximate surface area is 132 Å². The first-order valence-corrected chi connectivity index (χ1v) is 6.80. The van der Waals surface area contributed by atoms with Crippen molar-refractivity contribution in [1.29, 1.82) is 5.26 Å². The van der Waals surface area contributed by atoms with Gasteiger partial charge in [-0.15, -0.1) is 0 Å². The second-order valence-electron chi connectivity index (χ2n) is 4.52. The molecule has 0 saturated carbocycles. The molecule has 0 radical (unpaired) electrons. The van der Waals surface area contributed by atoms with Crippen molar-refractivity contribution in [2.75, 3.05) is 5.32 Å². The van der Waals surface area contributed by atoms with Gasteiger partial charge in [-0.05, 0) is 43.3 Å². The zero-order valence-electron chi connectivity index (χ0n) is 11.6. The van der Waals surface area contributed by atoms with Crippen molar-refractivity contribution in [2.24, 2.45) is 0 Å². The summed E-state index contributed by atoms with van der Waals surface area (Å²) in [7, 11) is 0. The summed E-state index contributed by atoms with van der Waals surface area (Å²) in [6.45, 7) is 1.54. The number of nitrogens with one attached hydrogen (secondary N) is 1. The predicted molar refractivity (Wildman–Crippen MR) is 81.3 cm³/mol. The SMILES string of the molecule is C[C@@H](Oc1ccc(F)cc1Cl)C(=O)Nc1cccc(C#N)c1. The van der Waals surface area contributed by atoms with Gasteiger partial charge in [0.2, 0.25) is 0 Å². The van der Waals surface area contributed by atoms with Crippen LogP contribution in [-0.2, 0) is 4.79 Å². The van der Waals surface area contributed by atoms with Gasteiger partial charge in [0, 0.05) is 5.69 Å². The van der Waals surface area contributed by atoms with Crippen LogP contribution in [-0.4, -0.2) is 12.0 Å². The van der Waals surface area contributed by atoms with E-state index < -0.39 is 17.8 Å². The highest BCUT2D eigenvalue weighted by molar-refractivity contribution is 6.32. The van der Waals surface area contributed by atoms with Gasteiger partial charge in [0.1, 0.15) is 11.6 Å². The third-order valence-electron chi connectivity index (χ3n) is 2.83. The van der Waals surface area contributed by atoms with Crippen molar-refractivity contribution < 1.29 is 13.9 Å². The summed E-state index contributed by atoms with van der Waals surface area (Å²) in [6, 6.07) is 12.2. The molecule has 0 fully saturated rings. The number of hydrogen-bond donors (Lipinski definition) is 1. The van der Waals surface area contributed by atoms with E-state index in [1.54, 1.807) is 31.2 Å². The number of amides is 1. The smallest absolute Gasteiger partial charge is 0.265 e. The molecule has 1 N–H and O–H groups in total. The number of benzene rings is 2. The van der Waals surface area contributed by atoms with Crippen LogP contribution in [0.25, 0.3) is 0 Å². The van der Waals surface area contributed by atoms with Gasteiger partial charge in [-0.1, -0.05) is 17.7 Å². The standard InChI is InChI=1S/C16H12ClFN2O2/c1-10(22-15-6-5-12(18)8-14(15)17)16(21)20-13-4-2-3-11(7-13)9-19/h2-8,10H,1H3,(H,20,21)/t10-/m1/s1. The minimum atomic E-state index is -0.839. The minimum absolute atomic E-state index is 0.0890. The van der Waals surface area contributed by atoms with Crippen molar-refractivity contribution in [3.05, 3.63) is 58.9 Å². The third-order valence-corrected chi connectivity index (χ3v) is 3.12. The number of ether oxygens (including phenoxy) is 1. The maximum atomic E-state index is 13.0. The van der Waals surface area contributed by atoms with E-state index in [0.29, 0.717) is 11.3 Å². The molecule has 2 aromatic rings. The lowest BCUT2D eigenvalue weighted by atomic mass is 10.2. The predicted octanol–water partition coefficient (Wildman–Crippen LogP) is 3.76. The van der Waals surface area contributed by atoms with E-state index >= 15 is 0 Å². The summed E-state index contributed by atoms with van der Waals surface area (Å²) in [5.41, 5.74) is 0.928. The van der Waals surface area contributed by atoms with Crippen LogP contribution in [0.1, 0.15) is 12.5 Å². The lowest BCUT2D eigenvalue weighted by molar-refractivity contribution is -0.122. The Morgan fingerprint density at radius 2 is 2.14 bits per heavy atom. The van der Waals surface area contributed by atoms with Gasteiger partial charge in [0.25, 0.3) is 5.91 Å². The Morgan fingerprint density at radius 1 is 1.36 bits per heavy atom. The Balaban J connectivity index is 2.04. The molecule has 2 rings (SSSR count). The largest absolute Gasteiger partial charge is 0.479 e. The molecular weight excluding hydrogens is 307 g/mol. The van der Waals surface area contributed by atoms with Crippen LogP contribution in [0.3, 0.4) is 0 Å². The van der Waals surface area contributed by atoms with Crippen molar-refractivity contribution in [2.45, 2.75) is 13.0 Å². The summed E-state index contributed by atoms with van der Waals surface area (Å²) in [6.07, 6.45) is -0.839. The van der Waals surface area contributed by atoms with Gasteiger partial charge >= 0.3 is 0 Å². The number of nitriles is 1. The number of halogens is 2. The fraction of sp³-hybridized carbons (Fsp3) is 0.125. The summed E-state index contributed by atoms with van der Waals surface area (Å²) < 4.78 is 18.4. The molecule has 0 aromatic heterocycles. The second kappa shape index (κ2) is 6.92. The second-order valence-corrected chi connectivity index (χ2v) is 4.92. The lowest BCUT2D eigenvalue weighted by Gasteiger charge is -2.15. The molecule has 22 heavy (non-hydrogen) atoms. The zero-order valence-corrected chi connectivity index (χ0v) is 12.4. The average molecular weight is 319 g/mol. The van der Waals surface area contributed by atoms with Crippen LogP contribution in [0, 0.1) is 17.1 Å². The highest BCUT2D eigenvalue weighted by atomic mass is 35.5. The monoisotopic (exact) mass is 318 g/mol. The van der Waals surface area contributed by atoms with E-state index in [-0.39, 0.29) is 10.8 Å². The molecular formula is C16H12ClFN2O2. The summed E-state index contributed by atoms with van der Waals surface area (Å²) in [4.78, 5) is 12.1. The molecule has 0 heterocycles. The summed E-state index contributed by atoms with van der Waals surface area (Å²) in [5, 5.41) is 11.5. The van der Waals surface area contributed by atoms with E-state index in [1.165, 1.54) is 12.1 Å². The number of hydrogen-bond acceptors (Lipinski definition) is 3. The van der Waals surface area contributed by atoms with E-state index in [9.17, 15) is 9.18 Å². The van der Waals surface area contributed by atoms with Crippen molar-refractivity contribution in [3.8, 4) is 11.8 Å². The summed E-state index contributed by atoms with van der Waals surface area (Å²) in [5.74, 6) is -0.672. The topological polar surface area (TPSA) is 62.1 Å². The molecule has 2 aromatic carbocycles. The van der Waals surface area contributed by atoms with Gasteiger partial charge in [-0.3, -0.25) is 4.79 Å². The molecule has 0 aliphatic carbocycles. The first-order chi connectivity index (χ1) is 10.5. The van der Waals surface area contributed by atoms with Gasteiger partial charge in [-0.25, -0.2) is 4.39 Å². The Kier molecular flexibility index (Phi) is 4.97. The average Bonchev–Trinajstić information content (AvgIpc) is 2.50. The van der Waals surface area contributed by atoms with Crippen LogP contribution in [0.2, 0.25) is 5.02 Å². The molecule has 0 aliphatic rings. The van der Waals surface area contributed by atoms with Crippen molar-refractivity contribution in [3.63, 3.8) is 0 Å². The van der Waals surface area contributed by atoms with Crippen LogP contribution in [0.15, 0.2) is 42.5 Å². The van der Waals surface area contributed by atoms with Gasteiger partial charge < -0.3 is 10.1 Å². The van der Waals surface area contributed by atoms with Crippen molar-refractivity contribution in [1.82, 2.24) is 0 Å². The van der Waals surface area contributed by atoms with Crippen LogP contribution in [0.5, 0.6) is 5.75 Å². The molecule has 0 spiro atoms. The van der Waals surface area contributed by atoms with E-state index in [2.05, 4.69) is 5.32 Å². The Bertz CT molecular complexity index is 743. The number of anilines is 1. The summed E-state index contributed by atoms with van der Waals surface area (Å²) >= 11 is 5.85. The number of nitrogens with zero attached hydrogens (tertiary/aromatic N) is 1. The van der Waals surface area contributed by atoms with Crippen LogP contribution < -0.4 is 10.1 Å². The molecule has 0 aliphatic heterocycles. The molecule has 0 unspecified atom stereocenters. The molecule has 112 valence electrons. The molecule has 0 saturated heterocycles. The Morgan fingerprint density at radius 3 is 2.82 bits per heavy atom. The fourth-order valence-electron chi connectivity index (χ4n) is 1.73. The number of rotatable bonds is 4. The highest BCUT2D eigenvalue weighted by Crippen LogP contribution is 2.26. The molecule has 1 amide bonds. The number of carbonyl (C=O) groups excluding carboxylic acids is 1. The maximum absolute atomic E-state index is 13.0. The molecule has 6 heteroatoms.